The molecule has 0 aliphatic carbocycles. The zero-order valence-electron chi connectivity index (χ0n) is 17.8. The molecule has 0 fully saturated rings. The lowest BCUT2D eigenvalue weighted by molar-refractivity contribution is -0.118. The minimum Gasteiger partial charge on any atom is -0.489 e. The highest BCUT2D eigenvalue weighted by Gasteiger charge is 2.29. The molecule has 3 aromatic rings. The average molecular weight is 444 g/mol. The zero-order chi connectivity index (χ0) is 22.3. The molecule has 0 saturated carbocycles. The lowest BCUT2D eigenvalue weighted by atomic mass is 9.95. The molecule has 0 saturated heterocycles. The van der Waals surface area contributed by atoms with Crippen LogP contribution in [0.4, 0.5) is 0 Å². The third-order valence-electron chi connectivity index (χ3n) is 5.27. The molecule has 162 valence electrons. The van der Waals surface area contributed by atoms with E-state index in [4.69, 9.17) is 17.0 Å². The second-order valence-electron chi connectivity index (χ2n) is 7.58. The van der Waals surface area contributed by atoms with Crippen LogP contribution in [-0.4, -0.2) is 11.0 Å². The molecular formula is C26H25N3O2S. The predicted molar refractivity (Wildman–Crippen MR) is 130 cm³/mol. The fourth-order valence-electron chi connectivity index (χ4n) is 3.62. The van der Waals surface area contributed by atoms with E-state index in [0.717, 1.165) is 28.1 Å². The topological polar surface area (TPSA) is 62.4 Å². The molecule has 3 N–H and O–H groups in total. The van der Waals surface area contributed by atoms with E-state index in [1.807, 2.05) is 91.9 Å². The van der Waals surface area contributed by atoms with Gasteiger partial charge in [-0.2, -0.15) is 0 Å². The summed E-state index contributed by atoms with van der Waals surface area (Å²) in [7, 11) is 0. The number of ether oxygens (including phenoxy) is 1. The first-order chi connectivity index (χ1) is 15.6. The van der Waals surface area contributed by atoms with E-state index in [1.54, 1.807) is 0 Å². The summed E-state index contributed by atoms with van der Waals surface area (Å²) >= 11 is 5.35. The summed E-state index contributed by atoms with van der Waals surface area (Å²) in [5.74, 6) is 0.633. The Morgan fingerprint density at radius 3 is 2.22 bits per heavy atom. The fraction of sp³-hybridized carbons (Fsp3) is 0.154. The largest absolute Gasteiger partial charge is 0.489 e. The van der Waals surface area contributed by atoms with Gasteiger partial charge in [0, 0.05) is 12.2 Å². The first-order valence-electron chi connectivity index (χ1n) is 10.5. The van der Waals surface area contributed by atoms with Crippen LogP contribution in [0.3, 0.4) is 0 Å². The fourth-order valence-corrected chi connectivity index (χ4v) is 3.89. The maximum Gasteiger partial charge on any atom is 0.251 e. The van der Waals surface area contributed by atoms with E-state index in [9.17, 15) is 4.79 Å². The highest BCUT2D eigenvalue weighted by molar-refractivity contribution is 7.80. The minimum absolute atomic E-state index is 0.136. The van der Waals surface area contributed by atoms with E-state index in [-0.39, 0.29) is 11.9 Å². The summed E-state index contributed by atoms with van der Waals surface area (Å²) in [6.45, 7) is 2.83. The number of amides is 1. The van der Waals surface area contributed by atoms with Gasteiger partial charge in [0.2, 0.25) is 0 Å². The Morgan fingerprint density at radius 2 is 1.56 bits per heavy atom. The Morgan fingerprint density at radius 1 is 0.938 bits per heavy atom. The standard InChI is InChI=1S/C26H25N3O2S/c1-18-23(25(30)27-16-19-8-4-2-5-9-19)24(29-26(32)28-18)21-12-14-22(15-13-21)31-17-20-10-6-3-7-11-20/h2-15,24H,16-17H2,1H3,(H,27,30)(H2,28,29,32)/t24-/m0/s1. The van der Waals surface area contributed by atoms with Gasteiger partial charge in [-0.15, -0.1) is 0 Å². The molecule has 1 amide bonds. The van der Waals surface area contributed by atoms with Crippen molar-refractivity contribution < 1.29 is 9.53 Å². The highest BCUT2D eigenvalue weighted by Crippen LogP contribution is 2.28. The number of hydrogen-bond acceptors (Lipinski definition) is 3. The Bertz CT molecular complexity index is 1110. The third-order valence-corrected chi connectivity index (χ3v) is 5.49. The number of nitrogens with one attached hydrogen (secondary N) is 3. The van der Waals surface area contributed by atoms with Crippen LogP contribution in [0.15, 0.2) is 96.2 Å². The molecule has 5 nitrogen and oxygen atoms in total. The van der Waals surface area contributed by atoms with E-state index in [1.165, 1.54) is 0 Å². The van der Waals surface area contributed by atoms with Gasteiger partial charge < -0.3 is 20.7 Å². The molecular weight excluding hydrogens is 418 g/mol. The normalized spacial score (nSPS) is 15.5. The average Bonchev–Trinajstić information content (AvgIpc) is 2.82. The molecule has 1 heterocycles. The van der Waals surface area contributed by atoms with Crippen LogP contribution in [0.2, 0.25) is 0 Å². The maximum atomic E-state index is 13.1. The molecule has 0 spiro atoms. The highest BCUT2D eigenvalue weighted by atomic mass is 32.1. The lowest BCUT2D eigenvalue weighted by Gasteiger charge is -2.30. The van der Waals surface area contributed by atoms with Crippen molar-refractivity contribution in [2.75, 3.05) is 0 Å². The zero-order valence-corrected chi connectivity index (χ0v) is 18.6. The monoisotopic (exact) mass is 443 g/mol. The third kappa shape index (κ3) is 5.34. The van der Waals surface area contributed by atoms with Crippen molar-refractivity contribution in [1.82, 2.24) is 16.0 Å². The summed E-state index contributed by atoms with van der Waals surface area (Å²) in [5, 5.41) is 9.82. The number of hydrogen-bond donors (Lipinski definition) is 3. The molecule has 1 atom stereocenters. The first kappa shape index (κ1) is 21.6. The summed E-state index contributed by atoms with van der Waals surface area (Å²) in [4.78, 5) is 13.1. The van der Waals surface area contributed by atoms with Gasteiger partial charge >= 0.3 is 0 Å². The second kappa shape index (κ2) is 10.1. The molecule has 0 radical (unpaired) electrons. The van der Waals surface area contributed by atoms with Gasteiger partial charge in [0.05, 0.1) is 11.6 Å². The lowest BCUT2D eigenvalue weighted by Crippen LogP contribution is -2.46. The van der Waals surface area contributed by atoms with E-state index in [0.29, 0.717) is 23.8 Å². The van der Waals surface area contributed by atoms with Gasteiger partial charge in [-0.05, 0) is 48.0 Å². The number of carbonyl (C=O) groups excluding carboxylic acids is 1. The molecule has 0 unspecified atom stereocenters. The van der Waals surface area contributed by atoms with Crippen molar-refractivity contribution in [3.63, 3.8) is 0 Å². The molecule has 6 heteroatoms. The van der Waals surface area contributed by atoms with Gasteiger partial charge in [0.15, 0.2) is 5.11 Å². The van der Waals surface area contributed by atoms with Crippen molar-refractivity contribution in [2.24, 2.45) is 0 Å². The number of allylic oxidation sites excluding steroid dienone is 1. The molecule has 0 bridgehead atoms. The molecule has 1 aliphatic heterocycles. The molecule has 4 rings (SSSR count). The van der Waals surface area contributed by atoms with Crippen molar-refractivity contribution in [3.8, 4) is 5.75 Å². The summed E-state index contributed by atoms with van der Waals surface area (Å²) in [6.07, 6.45) is 0. The Labute approximate surface area is 193 Å². The van der Waals surface area contributed by atoms with Crippen LogP contribution in [0, 0.1) is 0 Å². The van der Waals surface area contributed by atoms with E-state index < -0.39 is 0 Å². The van der Waals surface area contributed by atoms with Crippen molar-refractivity contribution in [2.45, 2.75) is 26.1 Å². The summed E-state index contributed by atoms with van der Waals surface area (Å²) < 4.78 is 5.89. The second-order valence-corrected chi connectivity index (χ2v) is 7.99. The number of carbonyl (C=O) groups is 1. The van der Waals surface area contributed by atoms with Crippen LogP contribution >= 0.6 is 12.2 Å². The minimum atomic E-state index is -0.345. The van der Waals surface area contributed by atoms with Gasteiger partial charge in [-0.1, -0.05) is 72.8 Å². The van der Waals surface area contributed by atoms with Gasteiger partial charge in [0.25, 0.3) is 5.91 Å². The molecule has 0 aromatic heterocycles. The van der Waals surface area contributed by atoms with Crippen LogP contribution in [0.1, 0.15) is 29.7 Å². The molecule has 3 aromatic carbocycles. The Hall–Kier alpha value is -3.64. The summed E-state index contributed by atoms with van der Waals surface area (Å²) in [6, 6.07) is 27.3. The number of rotatable bonds is 7. The Balaban J connectivity index is 1.47. The van der Waals surface area contributed by atoms with Gasteiger partial charge in [-0.25, -0.2) is 0 Å². The van der Waals surface area contributed by atoms with Crippen LogP contribution < -0.4 is 20.7 Å². The van der Waals surface area contributed by atoms with Crippen molar-refractivity contribution >= 4 is 23.2 Å². The van der Waals surface area contributed by atoms with Gasteiger partial charge in [-0.3, -0.25) is 4.79 Å². The predicted octanol–water partition coefficient (Wildman–Crippen LogP) is 4.37. The summed E-state index contributed by atoms with van der Waals surface area (Å²) in [5.41, 5.74) is 4.45. The van der Waals surface area contributed by atoms with E-state index in [2.05, 4.69) is 16.0 Å². The number of benzene rings is 3. The smallest absolute Gasteiger partial charge is 0.251 e. The quantitative estimate of drug-likeness (QED) is 0.473. The maximum absolute atomic E-state index is 13.1. The van der Waals surface area contributed by atoms with Crippen LogP contribution in [0.5, 0.6) is 5.75 Å². The van der Waals surface area contributed by atoms with E-state index >= 15 is 0 Å². The van der Waals surface area contributed by atoms with Crippen molar-refractivity contribution in [3.05, 3.63) is 113 Å². The SMILES string of the molecule is CC1=C(C(=O)NCc2ccccc2)[C@H](c2ccc(OCc3ccccc3)cc2)NC(=S)N1. The van der Waals surface area contributed by atoms with Crippen LogP contribution in [0.25, 0.3) is 0 Å². The first-order valence-corrected chi connectivity index (χ1v) is 10.9. The molecule has 1 aliphatic rings. The molecule has 32 heavy (non-hydrogen) atoms. The number of thiocarbonyl (C=S) groups is 1. The Kier molecular flexibility index (Phi) is 6.82. The van der Waals surface area contributed by atoms with Gasteiger partial charge in [0.1, 0.15) is 12.4 Å². The van der Waals surface area contributed by atoms with Crippen molar-refractivity contribution in [1.29, 1.82) is 0 Å². The van der Waals surface area contributed by atoms with Crippen LogP contribution in [-0.2, 0) is 17.9 Å².